The minimum Gasteiger partial charge on any atom is -0.459 e. The zero-order valence-corrected chi connectivity index (χ0v) is 12.0. The van der Waals surface area contributed by atoms with Gasteiger partial charge in [-0.15, -0.1) is 0 Å². The van der Waals surface area contributed by atoms with Crippen LogP contribution in [0.4, 0.5) is 5.69 Å². The molecule has 0 saturated heterocycles. The number of hydrogen-bond donors (Lipinski definition) is 0. The molecule has 4 nitrogen and oxygen atoms in total. The minimum absolute atomic E-state index is 0.247. The largest absolute Gasteiger partial charge is 0.459 e. The predicted octanol–water partition coefficient (Wildman–Crippen LogP) is 2.26. The van der Waals surface area contributed by atoms with Gasteiger partial charge in [0.1, 0.15) is 5.60 Å². The van der Waals surface area contributed by atoms with Gasteiger partial charge >= 0.3 is 5.97 Å². The molecule has 0 radical (unpaired) electrons. The van der Waals surface area contributed by atoms with Gasteiger partial charge in [0.2, 0.25) is 5.91 Å². The van der Waals surface area contributed by atoms with Gasteiger partial charge in [0, 0.05) is 18.3 Å². The summed E-state index contributed by atoms with van der Waals surface area (Å²) in [6.45, 7) is 7.02. The van der Waals surface area contributed by atoms with Crippen molar-refractivity contribution in [3.05, 3.63) is 29.8 Å². The predicted molar refractivity (Wildman–Crippen MR) is 73.0 cm³/mol. The van der Waals surface area contributed by atoms with Crippen molar-refractivity contribution in [2.24, 2.45) is 0 Å². The second-order valence-electron chi connectivity index (χ2n) is 6.01. The first-order chi connectivity index (χ1) is 8.68. The van der Waals surface area contributed by atoms with Gasteiger partial charge < -0.3 is 9.64 Å². The van der Waals surface area contributed by atoms with Crippen molar-refractivity contribution >= 4 is 17.6 Å². The number of rotatable bonds is 1. The molecule has 102 valence electrons. The molecule has 0 aliphatic carbocycles. The summed E-state index contributed by atoms with van der Waals surface area (Å²) in [5.74, 6) is -0.746. The summed E-state index contributed by atoms with van der Waals surface area (Å²) in [4.78, 5) is 26.4. The molecular weight excluding hydrogens is 242 g/mol. The highest BCUT2D eigenvalue weighted by atomic mass is 16.6. The van der Waals surface area contributed by atoms with E-state index in [2.05, 4.69) is 0 Å². The fourth-order valence-corrected chi connectivity index (χ4v) is 2.33. The maximum absolute atomic E-state index is 12.4. The van der Waals surface area contributed by atoms with Gasteiger partial charge in [0.05, 0.1) is 0 Å². The van der Waals surface area contributed by atoms with Crippen LogP contribution in [0.3, 0.4) is 0 Å². The molecule has 0 bridgehead atoms. The Morgan fingerprint density at radius 2 is 1.84 bits per heavy atom. The number of fused-ring (bicyclic) bond motifs is 1. The third-order valence-electron chi connectivity index (χ3n) is 3.34. The number of nitrogens with zero attached hydrogens (tertiary/aromatic N) is 1. The number of carbonyl (C=O) groups excluding carboxylic acids is 2. The number of esters is 1. The Kier molecular flexibility index (Phi) is 2.92. The van der Waals surface area contributed by atoms with Crippen molar-refractivity contribution in [3.8, 4) is 0 Å². The molecule has 1 aliphatic heterocycles. The molecule has 0 N–H and O–H groups in total. The summed E-state index contributed by atoms with van der Waals surface area (Å²) in [5, 5.41) is 0. The summed E-state index contributed by atoms with van der Waals surface area (Å²) in [5.41, 5.74) is -0.396. The third kappa shape index (κ3) is 2.01. The maximum Gasteiger partial charge on any atom is 0.326 e. The van der Waals surface area contributed by atoms with Gasteiger partial charge in [0.25, 0.3) is 0 Å². The zero-order valence-electron chi connectivity index (χ0n) is 12.0. The molecule has 0 aromatic heterocycles. The number of hydrogen-bond acceptors (Lipinski definition) is 3. The Bertz CT molecular complexity index is 545. The smallest absolute Gasteiger partial charge is 0.326 e. The van der Waals surface area contributed by atoms with Gasteiger partial charge in [-0.3, -0.25) is 9.59 Å². The summed E-state index contributed by atoms with van der Waals surface area (Å²) < 4.78 is 5.41. The van der Waals surface area contributed by atoms with Gasteiger partial charge in [-0.25, -0.2) is 0 Å². The van der Waals surface area contributed by atoms with Crippen LogP contribution < -0.4 is 4.90 Å². The Labute approximate surface area is 113 Å². The Morgan fingerprint density at radius 3 is 2.42 bits per heavy atom. The molecule has 2 rings (SSSR count). The van der Waals surface area contributed by atoms with Crippen LogP contribution in [0.1, 0.15) is 33.3 Å². The molecule has 1 aromatic rings. The normalized spacial score (nSPS) is 22.4. The number of benzene rings is 1. The molecular formula is C15H19NO3. The van der Waals surface area contributed by atoms with E-state index >= 15 is 0 Å². The average Bonchev–Trinajstić information content (AvgIpc) is 2.51. The van der Waals surface area contributed by atoms with Gasteiger partial charge in [-0.1, -0.05) is 18.2 Å². The zero-order chi connectivity index (χ0) is 14.4. The van der Waals surface area contributed by atoms with E-state index in [0.717, 1.165) is 5.69 Å². The molecule has 4 heteroatoms. The SMILES string of the molecule is CN1C(=O)C(C)(C(=O)OC(C)(C)C)c2ccccc21. The lowest BCUT2D eigenvalue weighted by molar-refractivity contribution is -0.163. The summed E-state index contributed by atoms with van der Waals surface area (Å²) in [6, 6.07) is 7.32. The number of likely N-dealkylation sites (N-methyl/N-ethyl adjacent to an activating group) is 1. The van der Waals surface area contributed by atoms with E-state index < -0.39 is 17.0 Å². The number of ether oxygens (including phenoxy) is 1. The van der Waals surface area contributed by atoms with E-state index in [4.69, 9.17) is 4.74 Å². The number of anilines is 1. The van der Waals surface area contributed by atoms with E-state index in [1.165, 1.54) is 4.90 Å². The van der Waals surface area contributed by atoms with Crippen LogP contribution in [-0.2, 0) is 19.7 Å². The topological polar surface area (TPSA) is 46.6 Å². The van der Waals surface area contributed by atoms with Crippen molar-refractivity contribution in [3.63, 3.8) is 0 Å². The Hall–Kier alpha value is -1.84. The molecule has 0 spiro atoms. The molecule has 0 fully saturated rings. The molecule has 1 amide bonds. The highest BCUT2D eigenvalue weighted by Crippen LogP contribution is 2.42. The molecule has 0 saturated carbocycles. The quantitative estimate of drug-likeness (QED) is 0.575. The van der Waals surface area contributed by atoms with Crippen LogP contribution in [0.15, 0.2) is 24.3 Å². The van der Waals surface area contributed by atoms with E-state index in [0.29, 0.717) is 5.56 Å². The second-order valence-corrected chi connectivity index (χ2v) is 6.01. The molecule has 19 heavy (non-hydrogen) atoms. The van der Waals surface area contributed by atoms with Crippen LogP contribution >= 0.6 is 0 Å². The van der Waals surface area contributed by atoms with Crippen molar-refractivity contribution in [1.82, 2.24) is 0 Å². The third-order valence-corrected chi connectivity index (χ3v) is 3.34. The maximum atomic E-state index is 12.4. The van der Waals surface area contributed by atoms with Gasteiger partial charge in [-0.2, -0.15) is 0 Å². The first-order valence-corrected chi connectivity index (χ1v) is 6.29. The average molecular weight is 261 g/mol. The van der Waals surface area contributed by atoms with Crippen molar-refractivity contribution in [2.45, 2.75) is 38.7 Å². The van der Waals surface area contributed by atoms with Crippen molar-refractivity contribution in [2.75, 3.05) is 11.9 Å². The Morgan fingerprint density at radius 1 is 1.26 bits per heavy atom. The molecule has 1 aliphatic rings. The molecule has 1 atom stereocenters. The van der Waals surface area contributed by atoms with E-state index in [1.807, 2.05) is 18.2 Å². The highest BCUT2D eigenvalue weighted by molar-refractivity contribution is 6.19. The minimum atomic E-state index is -1.25. The Balaban J connectivity index is 2.49. The molecule has 1 aromatic carbocycles. The van der Waals surface area contributed by atoms with E-state index in [9.17, 15) is 9.59 Å². The lowest BCUT2D eigenvalue weighted by Crippen LogP contribution is -2.46. The highest BCUT2D eigenvalue weighted by Gasteiger charge is 2.53. The van der Waals surface area contributed by atoms with Crippen LogP contribution in [-0.4, -0.2) is 24.5 Å². The van der Waals surface area contributed by atoms with Gasteiger partial charge in [0.15, 0.2) is 5.41 Å². The fraction of sp³-hybridized carbons (Fsp3) is 0.467. The standard InChI is InChI=1S/C15H19NO3/c1-14(2,3)19-13(18)15(4)10-8-6-7-9-11(10)16(5)12(15)17/h6-9H,1-5H3. The molecule has 1 unspecified atom stereocenters. The molecule has 1 heterocycles. The van der Waals surface area contributed by atoms with Crippen LogP contribution in [0.5, 0.6) is 0 Å². The number of amides is 1. The van der Waals surface area contributed by atoms with Crippen LogP contribution in [0.25, 0.3) is 0 Å². The first kappa shape index (κ1) is 13.6. The second kappa shape index (κ2) is 4.08. The van der Waals surface area contributed by atoms with E-state index in [1.54, 1.807) is 40.8 Å². The van der Waals surface area contributed by atoms with Crippen LogP contribution in [0.2, 0.25) is 0 Å². The summed E-state index contributed by atoms with van der Waals surface area (Å²) >= 11 is 0. The number of carbonyl (C=O) groups is 2. The van der Waals surface area contributed by atoms with Crippen molar-refractivity contribution in [1.29, 1.82) is 0 Å². The first-order valence-electron chi connectivity index (χ1n) is 6.29. The monoisotopic (exact) mass is 261 g/mol. The summed E-state index contributed by atoms with van der Waals surface area (Å²) in [6.07, 6.45) is 0. The van der Waals surface area contributed by atoms with Crippen molar-refractivity contribution < 1.29 is 14.3 Å². The van der Waals surface area contributed by atoms with Crippen LogP contribution in [0, 0.1) is 0 Å². The number of para-hydroxylation sites is 1. The lowest BCUT2D eigenvalue weighted by atomic mass is 9.83. The van der Waals surface area contributed by atoms with E-state index in [-0.39, 0.29) is 5.91 Å². The van der Waals surface area contributed by atoms with Gasteiger partial charge in [-0.05, 0) is 33.8 Å². The fourth-order valence-electron chi connectivity index (χ4n) is 2.33. The lowest BCUT2D eigenvalue weighted by Gasteiger charge is -2.27. The summed E-state index contributed by atoms with van der Waals surface area (Å²) in [7, 11) is 1.68.